The smallest absolute Gasteiger partial charge is 0.327 e. The van der Waals surface area contributed by atoms with Crippen molar-refractivity contribution in [1.29, 1.82) is 0 Å². The summed E-state index contributed by atoms with van der Waals surface area (Å²) >= 11 is 1.60. The average molecular weight is 300 g/mol. The number of amides is 2. The van der Waals surface area contributed by atoms with E-state index in [1.165, 1.54) is 11.3 Å². The lowest BCUT2D eigenvalue weighted by Crippen LogP contribution is -2.57. The van der Waals surface area contributed by atoms with Gasteiger partial charge in [-0.1, -0.05) is 26.7 Å². The predicted octanol–water partition coefficient (Wildman–Crippen LogP) is 2.02. The fraction of sp³-hybridized carbons (Fsp3) is 0.857. The monoisotopic (exact) mass is 300 g/mol. The van der Waals surface area contributed by atoms with Crippen molar-refractivity contribution in [2.45, 2.75) is 45.2 Å². The molecule has 1 aliphatic carbocycles. The molecule has 114 valence electrons. The molecule has 1 heterocycles. The molecular weight excluding hydrogens is 276 g/mol. The summed E-state index contributed by atoms with van der Waals surface area (Å²) in [6, 6.07) is -0.719. The summed E-state index contributed by atoms with van der Waals surface area (Å²) in [5.41, 5.74) is 0. The van der Waals surface area contributed by atoms with Gasteiger partial charge < -0.3 is 15.3 Å². The largest absolute Gasteiger partial charge is 0.480 e. The summed E-state index contributed by atoms with van der Waals surface area (Å²) in [4.78, 5) is 25.1. The Kier molecular flexibility index (Phi) is 5.18. The number of rotatable bonds is 2. The first-order chi connectivity index (χ1) is 9.50. The minimum atomic E-state index is -0.905. The van der Waals surface area contributed by atoms with E-state index in [4.69, 9.17) is 0 Å². The van der Waals surface area contributed by atoms with Crippen LogP contribution in [-0.4, -0.2) is 52.1 Å². The van der Waals surface area contributed by atoms with Gasteiger partial charge in [0.1, 0.15) is 6.04 Å². The van der Waals surface area contributed by atoms with Crippen LogP contribution in [0.5, 0.6) is 0 Å². The van der Waals surface area contributed by atoms with Crippen molar-refractivity contribution in [3.8, 4) is 0 Å². The zero-order valence-corrected chi connectivity index (χ0v) is 13.0. The molecule has 4 atom stereocenters. The van der Waals surface area contributed by atoms with Crippen LogP contribution >= 0.6 is 11.8 Å². The minimum Gasteiger partial charge on any atom is -0.480 e. The van der Waals surface area contributed by atoms with E-state index in [-0.39, 0.29) is 12.1 Å². The van der Waals surface area contributed by atoms with E-state index in [0.717, 1.165) is 18.6 Å². The molecule has 2 aliphatic rings. The first kappa shape index (κ1) is 15.5. The maximum atomic E-state index is 12.4. The van der Waals surface area contributed by atoms with Gasteiger partial charge in [0.05, 0.1) is 0 Å². The van der Waals surface area contributed by atoms with Gasteiger partial charge in [-0.25, -0.2) is 9.59 Å². The highest BCUT2D eigenvalue weighted by molar-refractivity contribution is 7.99. The quantitative estimate of drug-likeness (QED) is 0.818. The third-order valence-electron chi connectivity index (χ3n) is 4.69. The number of aliphatic carboxylic acids is 1. The molecule has 2 fully saturated rings. The average Bonchev–Trinajstić information content (AvgIpc) is 2.43. The first-order valence-corrected chi connectivity index (χ1v) is 8.54. The maximum absolute atomic E-state index is 12.4. The predicted molar refractivity (Wildman–Crippen MR) is 80.0 cm³/mol. The zero-order chi connectivity index (χ0) is 14.7. The third-order valence-corrected chi connectivity index (χ3v) is 5.71. The molecule has 0 spiro atoms. The SMILES string of the molecule is CC1CCCC(NC(=O)N2CCSCC2C(=O)O)C1C. The van der Waals surface area contributed by atoms with Crippen molar-refractivity contribution >= 4 is 23.8 Å². The molecule has 5 nitrogen and oxygen atoms in total. The topological polar surface area (TPSA) is 69.6 Å². The van der Waals surface area contributed by atoms with Crippen LogP contribution < -0.4 is 5.32 Å². The number of urea groups is 1. The van der Waals surface area contributed by atoms with Gasteiger partial charge in [0.15, 0.2) is 0 Å². The molecule has 2 N–H and O–H groups in total. The maximum Gasteiger partial charge on any atom is 0.327 e. The van der Waals surface area contributed by atoms with Gasteiger partial charge in [0.2, 0.25) is 0 Å². The number of carbonyl (C=O) groups excluding carboxylic acids is 1. The van der Waals surface area contributed by atoms with Crippen LogP contribution in [0.3, 0.4) is 0 Å². The summed E-state index contributed by atoms with van der Waals surface area (Å²) in [6.07, 6.45) is 3.35. The highest BCUT2D eigenvalue weighted by Crippen LogP contribution is 2.29. The van der Waals surface area contributed by atoms with Gasteiger partial charge in [-0.05, 0) is 18.3 Å². The van der Waals surface area contributed by atoms with Crippen molar-refractivity contribution < 1.29 is 14.7 Å². The zero-order valence-electron chi connectivity index (χ0n) is 12.2. The Bertz CT molecular complexity index is 377. The van der Waals surface area contributed by atoms with Crippen LogP contribution in [0.25, 0.3) is 0 Å². The number of nitrogens with one attached hydrogen (secondary N) is 1. The van der Waals surface area contributed by atoms with Crippen LogP contribution in [0, 0.1) is 11.8 Å². The lowest BCUT2D eigenvalue weighted by atomic mass is 9.78. The number of nitrogens with zero attached hydrogens (tertiary/aromatic N) is 1. The summed E-state index contributed by atoms with van der Waals surface area (Å²) < 4.78 is 0. The Hall–Kier alpha value is -0.910. The van der Waals surface area contributed by atoms with Gasteiger partial charge in [-0.15, -0.1) is 0 Å². The van der Waals surface area contributed by atoms with E-state index in [9.17, 15) is 14.7 Å². The van der Waals surface area contributed by atoms with Crippen molar-refractivity contribution in [3.05, 3.63) is 0 Å². The van der Waals surface area contributed by atoms with Crippen LogP contribution in [0.15, 0.2) is 0 Å². The van der Waals surface area contributed by atoms with Crippen molar-refractivity contribution in [2.24, 2.45) is 11.8 Å². The van der Waals surface area contributed by atoms with Gasteiger partial charge in [0, 0.05) is 24.1 Å². The normalized spacial score (nSPS) is 34.6. The number of carboxylic acid groups (broad SMARTS) is 1. The Morgan fingerprint density at radius 3 is 2.75 bits per heavy atom. The Morgan fingerprint density at radius 1 is 1.30 bits per heavy atom. The second kappa shape index (κ2) is 6.70. The standard InChI is InChI=1S/C14H24N2O3S/c1-9-4-3-5-11(10(9)2)15-14(19)16-6-7-20-8-12(16)13(17)18/h9-12H,3-8H2,1-2H3,(H,15,19)(H,17,18). The number of hydrogen-bond acceptors (Lipinski definition) is 3. The molecule has 2 rings (SSSR count). The molecule has 0 bridgehead atoms. The fourth-order valence-corrected chi connectivity index (χ4v) is 4.12. The van der Waals surface area contributed by atoms with Gasteiger partial charge in [0.25, 0.3) is 0 Å². The third kappa shape index (κ3) is 3.40. The molecule has 6 heteroatoms. The lowest BCUT2D eigenvalue weighted by Gasteiger charge is -2.38. The number of carboxylic acids is 1. The van der Waals surface area contributed by atoms with Gasteiger partial charge in [-0.2, -0.15) is 11.8 Å². The van der Waals surface area contributed by atoms with E-state index < -0.39 is 12.0 Å². The minimum absolute atomic E-state index is 0.176. The Labute approximate surface area is 124 Å². The molecular formula is C14H24N2O3S. The van der Waals surface area contributed by atoms with Crippen LogP contribution in [0.1, 0.15) is 33.1 Å². The van der Waals surface area contributed by atoms with Crippen molar-refractivity contribution in [1.82, 2.24) is 10.2 Å². The first-order valence-electron chi connectivity index (χ1n) is 7.38. The number of carbonyl (C=O) groups is 2. The van der Waals surface area contributed by atoms with E-state index in [1.54, 1.807) is 11.8 Å². The molecule has 1 saturated carbocycles. The second-order valence-corrected chi connectivity index (χ2v) is 7.10. The number of hydrogen-bond donors (Lipinski definition) is 2. The molecule has 4 unspecified atom stereocenters. The molecule has 1 saturated heterocycles. The molecule has 0 aromatic carbocycles. The van der Waals surface area contributed by atoms with Gasteiger partial charge >= 0.3 is 12.0 Å². The van der Waals surface area contributed by atoms with Gasteiger partial charge in [-0.3, -0.25) is 0 Å². The second-order valence-electron chi connectivity index (χ2n) is 5.95. The highest BCUT2D eigenvalue weighted by Gasteiger charge is 2.35. The summed E-state index contributed by atoms with van der Waals surface area (Å²) in [6.45, 7) is 4.92. The molecule has 0 radical (unpaired) electrons. The van der Waals surface area contributed by atoms with Crippen LogP contribution in [0.2, 0.25) is 0 Å². The summed E-state index contributed by atoms with van der Waals surface area (Å²) in [5.74, 6) is 1.46. The van der Waals surface area contributed by atoms with E-state index in [1.807, 2.05) is 0 Å². The fourth-order valence-electron chi connectivity index (χ4n) is 3.08. The molecule has 0 aromatic rings. The highest BCUT2D eigenvalue weighted by atomic mass is 32.2. The molecule has 0 aromatic heterocycles. The van der Waals surface area contributed by atoms with E-state index in [0.29, 0.717) is 24.1 Å². The number of thioether (sulfide) groups is 1. The Balaban J connectivity index is 1.97. The molecule has 20 heavy (non-hydrogen) atoms. The van der Waals surface area contributed by atoms with Crippen LogP contribution in [0.4, 0.5) is 4.79 Å². The van der Waals surface area contributed by atoms with Crippen molar-refractivity contribution in [2.75, 3.05) is 18.1 Å². The van der Waals surface area contributed by atoms with E-state index in [2.05, 4.69) is 19.2 Å². The summed E-state index contributed by atoms with van der Waals surface area (Å²) in [5, 5.41) is 12.3. The molecule has 1 aliphatic heterocycles. The van der Waals surface area contributed by atoms with Crippen LogP contribution in [-0.2, 0) is 4.79 Å². The molecule has 2 amide bonds. The van der Waals surface area contributed by atoms with E-state index >= 15 is 0 Å². The van der Waals surface area contributed by atoms with Crippen molar-refractivity contribution in [3.63, 3.8) is 0 Å². The lowest BCUT2D eigenvalue weighted by molar-refractivity contribution is -0.141. The Morgan fingerprint density at radius 2 is 2.05 bits per heavy atom. The summed E-state index contributed by atoms with van der Waals surface area (Å²) in [7, 11) is 0.